The average molecular weight is 188 g/mol. The Balaban J connectivity index is 2.06. The molecule has 0 saturated carbocycles. The predicted molar refractivity (Wildman–Crippen MR) is 47.4 cm³/mol. The van der Waals surface area contributed by atoms with E-state index in [0.717, 1.165) is 6.42 Å². The van der Waals surface area contributed by atoms with E-state index in [-0.39, 0.29) is 6.61 Å². The van der Waals surface area contributed by atoms with Crippen LogP contribution in [0.2, 0.25) is 0 Å². The molecule has 0 spiro atoms. The molecule has 76 valence electrons. The van der Waals surface area contributed by atoms with Crippen LogP contribution in [0.4, 0.5) is 0 Å². The second kappa shape index (κ2) is 5.96. The van der Waals surface area contributed by atoms with Gasteiger partial charge in [-0.25, -0.2) is 0 Å². The van der Waals surface area contributed by atoms with Crippen molar-refractivity contribution in [1.82, 2.24) is 0 Å². The highest BCUT2D eigenvalue weighted by Crippen LogP contribution is 2.13. The van der Waals surface area contributed by atoms with Crippen molar-refractivity contribution in [3.8, 4) is 0 Å². The van der Waals surface area contributed by atoms with Crippen LogP contribution in [0.1, 0.15) is 6.42 Å². The summed E-state index contributed by atoms with van der Waals surface area (Å²) in [5.41, 5.74) is 0. The van der Waals surface area contributed by atoms with Crippen LogP contribution in [0.25, 0.3) is 0 Å². The molecule has 1 unspecified atom stereocenters. The van der Waals surface area contributed by atoms with Crippen molar-refractivity contribution in [2.24, 2.45) is 0 Å². The van der Waals surface area contributed by atoms with Crippen molar-refractivity contribution in [3.63, 3.8) is 0 Å². The Morgan fingerprint density at radius 3 is 3.08 bits per heavy atom. The van der Waals surface area contributed by atoms with Crippen molar-refractivity contribution in [3.05, 3.63) is 11.8 Å². The van der Waals surface area contributed by atoms with E-state index in [0.29, 0.717) is 25.6 Å². The summed E-state index contributed by atoms with van der Waals surface area (Å²) in [6.07, 6.45) is 2.15. The minimum atomic E-state index is -0.626. The van der Waals surface area contributed by atoms with E-state index in [1.807, 2.05) is 6.08 Å². The van der Waals surface area contributed by atoms with E-state index in [4.69, 9.17) is 14.2 Å². The molecule has 0 saturated heterocycles. The molecule has 1 aliphatic rings. The molecule has 1 N–H and O–H groups in total. The molecule has 1 atom stereocenters. The highest BCUT2D eigenvalue weighted by Gasteiger charge is 2.15. The van der Waals surface area contributed by atoms with Gasteiger partial charge in [0, 0.05) is 13.5 Å². The van der Waals surface area contributed by atoms with Crippen molar-refractivity contribution < 1.29 is 19.3 Å². The van der Waals surface area contributed by atoms with Gasteiger partial charge in [-0.3, -0.25) is 0 Å². The van der Waals surface area contributed by atoms with Crippen LogP contribution >= 0.6 is 0 Å². The first-order valence-corrected chi connectivity index (χ1v) is 4.42. The molecule has 0 aromatic rings. The van der Waals surface area contributed by atoms with Gasteiger partial charge in [-0.2, -0.15) is 0 Å². The molecule has 1 aliphatic heterocycles. The number of aliphatic hydroxyl groups excluding tert-OH is 1. The van der Waals surface area contributed by atoms with Crippen LogP contribution in [-0.4, -0.2) is 44.7 Å². The predicted octanol–water partition coefficient (Wildman–Crippen LogP) is 0.315. The first-order valence-electron chi connectivity index (χ1n) is 4.42. The second-order valence-corrected chi connectivity index (χ2v) is 2.83. The van der Waals surface area contributed by atoms with E-state index in [1.165, 1.54) is 0 Å². The Hall–Kier alpha value is -0.580. The summed E-state index contributed by atoms with van der Waals surface area (Å²) in [5, 5.41) is 9.49. The second-order valence-electron chi connectivity index (χ2n) is 2.83. The van der Waals surface area contributed by atoms with Gasteiger partial charge < -0.3 is 19.3 Å². The SMILES string of the molecule is COCCOCC(O)C1=CCCO1. The molecular weight excluding hydrogens is 172 g/mol. The van der Waals surface area contributed by atoms with E-state index >= 15 is 0 Å². The van der Waals surface area contributed by atoms with Crippen LogP contribution in [0.3, 0.4) is 0 Å². The number of aliphatic hydroxyl groups is 1. The molecule has 0 radical (unpaired) electrons. The first kappa shape index (κ1) is 10.5. The van der Waals surface area contributed by atoms with Crippen molar-refractivity contribution >= 4 is 0 Å². The minimum Gasteiger partial charge on any atom is -0.495 e. The Morgan fingerprint density at radius 1 is 1.62 bits per heavy atom. The standard InChI is InChI=1S/C9H16O4/c1-11-5-6-12-7-8(10)9-3-2-4-13-9/h3,8,10H,2,4-7H2,1H3. The Morgan fingerprint density at radius 2 is 2.46 bits per heavy atom. The molecule has 0 bridgehead atoms. The lowest BCUT2D eigenvalue weighted by molar-refractivity contribution is 0.00688. The molecule has 1 rings (SSSR count). The third kappa shape index (κ3) is 3.76. The summed E-state index contributed by atoms with van der Waals surface area (Å²) in [4.78, 5) is 0. The zero-order valence-electron chi connectivity index (χ0n) is 7.86. The van der Waals surface area contributed by atoms with Gasteiger partial charge in [0.1, 0.15) is 11.9 Å². The molecule has 4 heteroatoms. The van der Waals surface area contributed by atoms with Gasteiger partial charge >= 0.3 is 0 Å². The normalized spacial score (nSPS) is 18.2. The lowest BCUT2D eigenvalue weighted by Crippen LogP contribution is -2.19. The molecular formula is C9H16O4. The Bertz CT molecular complexity index is 167. The quantitative estimate of drug-likeness (QED) is 0.610. The topological polar surface area (TPSA) is 47.9 Å². The number of hydrogen-bond acceptors (Lipinski definition) is 4. The fourth-order valence-corrected chi connectivity index (χ4v) is 1.09. The fourth-order valence-electron chi connectivity index (χ4n) is 1.09. The van der Waals surface area contributed by atoms with Gasteiger partial charge in [-0.05, 0) is 6.08 Å². The van der Waals surface area contributed by atoms with Crippen LogP contribution in [0.15, 0.2) is 11.8 Å². The number of hydrogen-bond donors (Lipinski definition) is 1. The smallest absolute Gasteiger partial charge is 0.134 e. The molecule has 0 fully saturated rings. The first-order chi connectivity index (χ1) is 6.34. The highest BCUT2D eigenvalue weighted by molar-refractivity contribution is 5.03. The number of methoxy groups -OCH3 is 1. The van der Waals surface area contributed by atoms with Crippen LogP contribution in [-0.2, 0) is 14.2 Å². The molecule has 13 heavy (non-hydrogen) atoms. The van der Waals surface area contributed by atoms with Gasteiger partial charge in [-0.1, -0.05) is 0 Å². The Kier molecular flexibility index (Phi) is 4.82. The maximum absolute atomic E-state index is 9.49. The third-order valence-corrected chi connectivity index (χ3v) is 1.77. The summed E-state index contributed by atoms with van der Waals surface area (Å²) in [6.45, 7) is 1.99. The minimum absolute atomic E-state index is 0.273. The number of rotatable bonds is 6. The van der Waals surface area contributed by atoms with E-state index in [9.17, 15) is 5.11 Å². The van der Waals surface area contributed by atoms with Crippen molar-refractivity contribution in [1.29, 1.82) is 0 Å². The van der Waals surface area contributed by atoms with Gasteiger partial charge in [0.25, 0.3) is 0 Å². The van der Waals surface area contributed by atoms with Gasteiger partial charge in [0.15, 0.2) is 0 Å². The van der Waals surface area contributed by atoms with Gasteiger partial charge in [-0.15, -0.1) is 0 Å². The van der Waals surface area contributed by atoms with Crippen LogP contribution < -0.4 is 0 Å². The third-order valence-electron chi connectivity index (χ3n) is 1.77. The zero-order valence-corrected chi connectivity index (χ0v) is 7.86. The van der Waals surface area contributed by atoms with Crippen molar-refractivity contribution in [2.45, 2.75) is 12.5 Å². The van der Waals surface area contributed by atoms with E-state index in [2.05, 4.69) is 0 Å². The van der Waals surface area contributed by atoms with Crippen molar-refractivity contribution in [2.75, 3.05) is 33.5 Å². The summed E-state index contributed by atoms with van der Waals surface area (Å²) >= 11 is 0. The lowest BCUT2D eigenvalue weighted by Gasteiger charge is -2.12. The maximum Gasteiger partial charge on any atom is 0.134 e. The summed E-state index contributed by atoms with van der Waals surface area (Å²) < 4.78 is 15.1. The average Bonchev–Trinajstić information content (AvgIpc) is 2.65. The van der Waals surface area contributed by atoms with Gasteiger partial charge in [0.05, 0.1) is 26.4 Å². The van der Waals surface area contributed by atoms with Crippen LogP contribution in [0, 0.1) is 0 Å². The maximum atomic E-state index is 9.49. The summed E-state index contributed by atoms with van der Waals surface area (Å²) in [6, 6.07) is 0. The van der Waals surface area contributed by atoms with Gasteiger partial charge in [0.2, 0.25) is 0 Å². The molecule has 0 amide bonds. The fraction of sp³-hybridized carbons (Fsp3) is 0.778. The summed E-state index contributed by atoms with van der Waals surface area (Å²) in [5.74, 6) is 0.636. The molecule has 4 nitrogen and oxygen atoms in total. The van der Waals surface area contributed by atoms with E-state index < -0.39 is 6.10 Å². The summed E-state index contributed by atoms with van der Waals surface area (Å²) in [7, 11) is 1.61. The monoisotopic (exact) mass is 188 g/mol. The molecule has 0 aromatic heterocycles. The number of ether oxygens (including phenoxy) is 3. The zero-order chi connectivity index (χ0) is 9.52. The lowest BCUT2D eigenvalue weighted by atomic mass is 10.3. The van der Waals surface area contributed by atoms with E-state index in [1.54, 1.807) is 7.11 Å². The molecule has 0 aliphatic carbocycles. The Labute approximate surface area is 78.1 Å². The highest BCUT2D eigenvalue weighted by atomic mass is 16.5. The van der Waals surface area contributed by atoms with Crippen LogP contribution in [0.5, 0.6) is 0 Å². The largest absolute Gasteiger partial charge is 0.495 e. The molecule has 0 aromatic carbocycles. The molecule has 1 heterocycles.